The van der Waals surface area contributed by atoms with E-state index in [1.165, 1.54) is 77.2 Å². The second-order valence-electron chi connectivity index (χ2n) is 8.49. The Morgan fingerprint density at radius 3 is 1.84 bits per heavy atom. The Labute approximate surface area is 163 Å². The fourth-order valence-electron chi connectivity index (χ4n) is 5.27. The predicted molar refractivity (Wildman–Crippen MR) is 108 cm³/mol. The zero-order valence-corrected chi connectivity index (χ0v) is 17.5. The van der Waals surface area contributed by atoms with E-state index in [2.05, 4.69) is 25.7 Å². The third-order valence-electron chi connectivity index (χ3n) is 6.74. The molecule has 3 nitrogen and oxygen atoms in total. The molecule has 2 aliphatic carbocycles. The molecule has 0 bridgehead atoms. The first-order valence-electron chi connectivity index (χ1n) is 10.9. The highest BCUT2D eigenvalue weighted by molar-refractivity contribution is 9.09. The van der Waals surface area contributed by atoms with Gasteiger partial charge in [-0.25, -0.2) is 0 Å². The SMILES string of the molecule is O=C(C1CCN(CCCBr)CC1)N(C1CCCCC1)C1CCCCC1. The predicted octanol–water partition coefficient (Wildman–Crippen LogP) is 4.98. The average molecular weight is 413 g/mol. The molecule has 4 heteroatoms. The summed E-state index contributed by atoms with van der Waals surface area (Å²) in [5, 5.41) is 1.09. The van der Waals surface area contributed by atoms with Crippen LogP contribution >= 0.6 is 15.9 Å². The van der Waals surface area contributed by atoms with Gasteiger partial charge in [-0.15, -0.1) is 0 Å². The number of carbonyl (C=O) groups excluding carboxylic acids is 1. The van der Waals surface area contributed by atoms with Crippen LogP contribution in [0.3, 0.4) is 0 Å². The van der Waals surface area contributed by atoms with E-state index in [0.29, 0.717) is 23.9 Å². The number of hydrogen-bond acceptors (Lipinski definition) is 2. The topological polar surface area (TPSA) is 23.6 Å². The molecule has 3 rings (SSSR count). The summed E-state index contributed by atoms with van der Waals surface area (Å²) in [6.07, 6.45) is 16.4. The summed E-state index contributed by atoms with van der Waals surface area (Å²) in [4.78, 5) is 18.5. The van der Waals surface area contributed by atoms with Gasteiger partial charge in [0.05, 0.1) is 0 Å². The van der Waals surface area contributed by atoms with Crippen LogP contribution in [-0.4, -0.2) is 52.8 Å². The van der Waals surface area contributed by atoms with E-state index in [-0.39, 0.29) is 0 Å². The lowest BCUT2D eigenvalue weighted by atomic mass is 9.86. The number of rotatable bonds is 6. The molecule has 144 valence electrons. The lowest BCUT2D eigenvalue weighted by Crippen LogP contribution is -2.52. The van der Waals surface area contributed by atoms with Crippen molar-refractivity contribution in [3.05, 3.63) is 0 Å². The van der Waals surface area contributed by atoms with Crippen LogP contribution < -0.4 is 0 Å². The van der Waals surface area contributed by atoms with E-state index >= 15 is 0 Å². The molecule has 25 heavy (non-hydrogen) atoms. The number of halogens is 1. The molecule has 0 aromatic heterocycles. The van der Waals surface area contributed by atoms with Gasteiger partial charge in [0.2, 0.25) is 5.91 Å². The molecule has 1 amide bonds. The minimum absolute atomic E-state index is 0.295. The van der Waals surface area contributed by atoms with Crippen LogP contribution in [0.5, 0.6) is 0 Å². The first-order valence-corrected chi connectivity index (χ1v) is 12.0. The quantitative estimate of drug-likeness (QED) is 0.574. The minimum Gasteiger partial charge on any atom is -0.336 e. The van der Waals surface area contributed by atoms with Gasteiger partial charge in [0.1, 0.15) is 0 Å². The summed E-state index contributed by atoms with van der Waals surface area (Å²) >= 11 is 3.53. The molecule has 0 N–H and O–H groups in total. The van der Waals surface area contributed by atoms with Crippen molar-refractivity contribution in [3.8, 4) is 0 Å². The Morgan fingerprint density at radius 2 is 1.36 bits per heavy atom. The third-order valence-corrected chi connectivity index (χ3v) is 7.30. The standard InChI is InChI=1S/C21H37BrN2O/c22-14-7-15-23-16-12-18(13-17-23)21(25)24(19-8-3-1-4-9-19)20-10-5-2-6-11-20/h18-20H,1-17H2. The molecule has 3 fully saturated rings. The normalized spacial score (nSPS) is 25.2. The van der Waals surface area contributed by atoms with Crippen molar-refractivity contribution in [1.29, 1.82) is 0 Å². The summed E-state index contributed by atoms with van der Waals surface area (Å²) < 4.78 is 0. The van der Waals surface area contributed by atoms with Crippen molar-refractivity contribution in [2.75, 3.05) is 25.0 Å². The minimum atomic E-state index is 0.295. The van der Waals surface area contributed by atoms with Gasteiger partial charge < -0.3 is 9.80 Å². The summed E-state index contributed by atoms with van der Waals surface area (Å²) in [7, 11) is 0. The highest BCUT2D eigenvalue weighted by atomic mass is 79.9. The van der Waals surface area contributed by atoms with Crippen LogP contribution in [-0.2, 0) is 4.79 Å². The van der Waals surface area contributed by atoms with E-state index < -0.39 is 0 Å². The van der Waals surface area contributed by atoms with Crippen LogP contribution in [0.1, 0.15) is 83.5 Å². The van der Waals surface area contributed by atoms with Gasteiger partial charge >= 0.3 is 0 Å². The summed E-state index contributed by atoms with van der Waals surface area (Å²) in [6, 6.07) is 1.10. The van der Waals surface area contributed by atoms with Gasteiger partial charge in [0.15, 0.2) is 0 Å². The van der Waals surface area contributed by atoms with Crippen LogP contribution in [0.25, 0.3) is 0 Å². The molecule has 3 aliphatic rings. The van der Waals surface area contributed by atoms with Gasteiger partial charge in [0, 0.05) is 23.3 Å². The Bertz CT molecular complexity index is 379. The first-order chi connectivity index (χ1) is 12.3. The average Bonchev–Trinajstić information content (AvgIpc) is 2.68. The Morgan fingerprint density at radius 1 is 0.840 bits per heavy atom. The highest BCUT2D eigenvalue weighted by Gasteiger charge is 2.36. The van der Waals surface area contributed by atoms with Crippen molar-refractivity contribution in [2.24, 2.45) is 5.92 Å². The fraction of sp³-hybridized carbons (Fsp3) is 0.952. The Hall–Kier alpha value is -0.0900. The first kappa shape index (κ1) is 19.7. The van der Waals surface area contributed by atoms with Crippen molar-refractivity contribution in [1.82, 2.24) is 9.80 Å². The van der Waals surface area contributed by atoms with E-state index in [4.69, 9.17) is 0 Å². The summed E-state index contributed by atoms with van der Waals surface area (Å²) in [5.41, 5.74) is 0. The number of likely N-dealkylation sites (tertiary alicyclic amines) is 1. The van der Waals surface area contributed by atoms with E-state index in [9.17, 15) is 4.79 Å². The molecule has 2 saturated carbocycles. The maximum atomic E-state index is 13.5. The second-order valence-corrected chi connectivity index (χ2v) is 9.28. The van der Waals surface area contributed by atoms with Gasteiger partial charge in [-0.3, -0.25) is 4.79 Å². The van der Waals surface area contributed by atoms with Crippen molar-refractivity contribution >= 4 is 21.8 Å². The van der Waals surface area contributed by atoms with Crippen LogP contribution in [0, 0.1) is 5.92 Å². The lowest BCUT2D eigenvalue weighted by molar-refractivity contribution is -0.144. The third kappa shape index (κ3) is 5.45. The molecule has 0 aromatic carbocycles. The molecular weight excluding hydrogens is 376 g/mol. The number of hydrogen-bond donors (Lipinski definition) is 0. The van der Waals surface area contributed by atoms with Crippen LogP contribution in [0.15, 0.2) is 0 Å². The molecular formula is C21H37BrN2O. The molecule has 0 aromatic rings. The molecule has 1 aliphatic heterocycles. The number of amides is 1. The van der Waals surface area contributed by atoms with Gasteiger partial charge in [0.25, 0.3) is 0 Å². The number of piperidine rings is 1. The molecule has 0 atom stereocenters. The van der Waals surface area contributed by atoms with Gasteiger partial charge in [-0.1, -0.05) is 54.5 Å². The van der Waals surface area contributed by atoms with Crippen LogP contribution in [0.2, 0.25) is 0 Å². The maximum absolute atomic E-state index is 13.5. The molecule has 1 heterocycles. The number of carbonyl (C=O) groups is 1. The highest BCUT2D eigenvalue weighted by Crippen LogP contribution is 2.33. The molecule has 0 unspecified atom stereocenters. The van der Waals surface area contributed by atoms with E-state index in [1.54, 1.807) is 0 Å². The van der Waals surface area contributed by atoms with Crippen LogP contribution in [0.4, 0.5) is 0 Å². The maximum Gasteiger partial charge on any atom is 0.226 e. The largest absolute Gasteiger partial charge is 0.336 e. The zero-order chi connectivity index (χ0) is 17.5. The second kappa shape index (κ2) is 10.3. The number of nitrogens with zero attached hydrogens (tertiary/aromatic N) is 2. The summed E-state index contributed by atoms with van der Waals surface area (Å²) in [6.45, 7) is 3.42. The monoisotopic (exact) mass is 412 g/mol. The Kier molecular flexibility index (Phi) is 8.10. The van der Waals surface area contributed by atoms with E-state index in [1.807, 2.05) is 0 Å². The van der Waals surface area contributed by atoms with Gasteiger partial charge in [-0.2, -0.15) is 0 Å². The van der Waals surface area contributed by atoms with Gasteiger partial charge in [-0.05, 0) is 64.6 Å². The van der Waals surface area contributed by atoms with E-state index in [0.717, 1.165) is 31.3 Å². The summed E-state index contributed by atoms with van der Waals surface area (Å²) in [5.74, 6) is 0.822. The molecule has 0 radical (unpaired) electrons. The lowest BCUT2D eigenvalue weighted by Gasteiger charge is -2.44. The van der Waals surface area contributed by atoms with Crippen molar-refractivity contribution in [2.45, 2.75) is 95.6 Å². The van der Waals surface area contributed by atoms with Crippen molar-refractivity contribution < 1.29 is 4.79 Å². The number of alkyl halides is 1. The zero-order valence-electron chi connectivity index (χ0n) is 15.9. The Balaban J connectivity index is 1.60. The van der Waals surface area contributed by atoms with Crippen molar-refractivity contribution in [3.63, 3.8) is 0 Å². The fourth-order valence-corrected chi connectivity index (χ4v) is 5.52. The molecule has 0 spiro atoms. The smallest absolute Gasteiger partial charge is 0.226 e. The molecule has 1 saturated heterocycles.